The van der Waals surface area contributed by atoms with Crippen molar-refractivity contribution in [1.29, 1.82) is 0 Å². The Labute approximate surface area is 228 Å². The van der Waals surface area contributed by atoms with Gasteiger partial charge in [-0.3, -0.25) is 9.98 Å². The molecule has 1 amide bonds. The lowest BCUT2D eigenvalue weighted by atomic mass is 10.2. The van der Waals surface area contributed by atoms with Gasteiger partial charge in [0.2, 0.25) is 5.88 Å². The van der Waals surface area contributed by atoms with E-state index in [1.54, 1.807) is 39.9 Å². The molecule has 204 valence electrons. The highest BCUT2D eigenvalue weighted by atomic mass is 35.5. The first-order valence-corrected chi connectivity index (χ1v) is 12.9. The van der Waals surface area contributed by atoms with Gasteiger partial charge >= 0.3 is 11.8 Å². The predicted molar refractivity (Wildman–Crippen MR) is 146 cm³/mol. The zero-order chi connectivity index (χ0) is 27.7. The molecule has 1 aromatic carbocycles. The number of hydrogen-bond donors (Lipinski definition) is 4. The number of nitrogens with one attached hydrogen (secondary N) is 3. The standard InChI is InChI=1S/C26H29ClN8O4/c1-26(2,3)39-25(38)34-9-5-8-18(34)14-28-21-12-20(30-17-7-4-6-16(27)11-17)32-22-15(13-29-35(21)22)10-19-23(36)33-24(37)31-19/h4,6-7,10-13,18,30,36H,5,8-9,14H2,1-3H3,(H2,31,33,37)/b15-10+,28-21?. The minimum absolute atomic E-state index is 0.115. The fourth-order valence-electron chi connectivity index (χ4n) is 4.39. The summed E-state index contributed by atoms with van der Waals surface area (Å²) in [5.41, 5.74) is 0.759. The molecule has 0 spiro atoms. The number of aromatic nitrogens is 5. The Morgan fingerprint density at radius 3 is 2.87 bits per heavy atom. The summed E-state index contributed by atoms with van der Waals surface area (Å²) < 4.78 is 7.16. The van der Waals surface area contributed by atoms with Crippen molar-refractivity contribution < 1.29 is 14.6 Å². The summed E-state index contributed by atoms with van der Waals surface area (Å²) in [4.78, 5) is 40.4. The highest BCUT2D eigenvalue weighted by molar-refractivity contribution is 6.30. The molecule has 1 atom stereocenters. The van der Waals surface area contributed by atoms with Crippen LogP contribution in [0.15, 0.2) is 46.3 Å². The number of carbonyl (C=O) groups excluding carboxylic acids is 1. The number of hydrogen-bond acceptors (Lipinski definition) is 8. The number of ether oxygens (including phenoxy) is 1. The van der Waals surface area contributed by atoms with E-state index in [1.807, 2.05) is 32.9 Å². The van der Waals surface area contributed by atoms with Gasteiger partial charge in [0.25, 0.3) is 0 Å². The predicted octanol–water partition coefficient (Wildman–Crippen LogP) is 2.70. The molecule has 1 unspecified atom stereocenters. The number of anilines is 2. The summed E-state index contributed by atoms with van der Waals surface area (Å²) >= 11 is 6.16. The third-order valence-electron chi connectivity index (χ3n) is 6.08. The molecule has 3 aromatic heterocycles. The number of nitrogens with zero attached hydrogens (tertiary/aromatic N) is 5. The number of carbonyl (C=O) groups is 1. The normalized spacial score (nSPS) is 16.8. The first kappa shape index (κ1) is 26.3. The molecule has 0 radical (unpaired) electrons. The summed E-state index contributed by atoms with van der Waals surface area (Å²) in [6.45, 7) is 6.49. The van der Waals surface area contributed by atoms with E-state index < -0.39 is 11.3 Å². The maximum Gasteiger partial charge on any atom is 0.410 e. The number of rotatable bonds is 5. The molecule has 0 bridgehead atoms. The first-order valence-electron chi connectivity index (χ1n) is 12.5. The van der Waals surface area contributed by atoms with Gasteiger partial charge in [0.15, 0.2) is 11.1 Å². The second kappa shape index (κ2) is 10.4. The van der Waals surface area contributed by atoms with Crippen LogP contribution in [0.1, 0.15) is 39.3 Å². The zero-order valence-corrected chi connectivity index (χ0v) is 22.5. The van der Waals surface area contributed by atoms with E-state index in [0.717, 1.165) is 18.5 Å². The molecule has 13 heteroatoms. The van der Waals surface area contributed by atoms with Gasteiger partial charge in [0.05, 0.1) is 18.8 Å². The second-order valence-corrected chi connectivity index (χ2v) is 10.7. The van der Waals surface area contributed by atoms with Gasteiger partial charge in [-0.25, -0.2) is 14.6 Å². The lowest BCUT2D eigenvalue weighted by Crippen LogP contribution is -2.41. The van der Waals surface area contributed by atoms with Crippen molar-refractivity contribution in [2.75, 3.05) is 18.4 Å². The van der Waals surface area contributed by atoms with Crippen molar-refractivity contribution in [3.63, 3.8) is 0 Å². The molecule has 5 rings (SSSR count). The molecule has 0 saturated carbocycles. The van der Waals surface area contributed by atoms with Crippen LogP contribution in [-0.2, 0) is 4.74 Å². The van der Waals surface area contributed by atoms with Gasteiger partial charge in [0, 0.05) is 28.5 Å². The molecule has 1 saturated heterocycles. The molecule has 4 aromatic rings. The molecule has 1 fully saturated rings. The largest absolute Gasteiger partial charge is 0.493 e. The summed E-state index contributed by atoms with van der Waals surface area (Å²) in [7, 11) is 0. The van der Waals surface area contributed by atoms with Crippen molar-refractivity contribution in [2.24, 2.45) is 4.99 Å². The van der Waals surface area contributed by atoms with Crippen LogP contribution in [0.4, 0.5) is 16.3 Å². The van der Waals surface area contributed by atoms with E-state index in [1.165, 1.54) is 0 Å². The maximum atomic E-state index is 12.7. The van der Waals surface area contributed by atoms with Crippen molar-refractivity contribution in [3.8, 4) is 5.88 Å². The average Bonchev–Trinajstić information content (AvgIpc) is 3.56. The summed E-state index contributed by atoms with van der Waals surface area (Å²) in [5, 5.41) is 18.8. The van der Waals surface area contributed by atoms with Gasteiger partial charge < -0.3 is 25.0 Å². The third-order valence-corrected chi connectivity index (χ3v) is 6.32. The van der Waals surface area contributed by atoms with Crippen molar-refractivity contribution in [1.82, 2.24) is 29.5 Å². The van der Waals surface area contributed by atoms with Crippen LogP contribution in [0, 0.1) is 0 Å². The van der Waals surface area contributed by atoms with Gasteiger partial charge in [0.1, 0.15) is 17.1 Å². The van der Waals surface area contributed by atoms with E-state index in [4.69, 9.17) is 26.3 Å². The zero-order valence-electron chi connectivity index (χ0n) is 21.7. The topological polar surface area (TPSA) is 153 Å². The number of amides is 1. The molecule has 1 aliphatic heterocycles. The number of likely N-dealkylation sites (tertiary alicyclic amines) is 1. The Kier molecular flexibility index (Phi) is 7.04. The Morgan fingerprint density at radius 2 is 2.15 bits per heavy atom. The Bertz CT molecular complexity index is 1700. The van der Waals surface area contributed by atoms with E-state index in [0.29, 0.717) is 40.3 Å². The Morgan fingerprint density at radius 1 is 1.33 bits per heavy atom. The van der Waals surface area contributed by atoms with Crippen molar-refractivity contribution >= 4 is 40.9 Å². The van der Waals surface area contributed by atoms with E-state index in [9.17, 15) is 14.7 Å². The molecule has 0 aliphatic carbocycles. The minimum Gasteiger partial charge on any atom is -0.493 e. The highest BCUT2D eigenvalue weighted by Crippen LogP contribution is 2.21. The fourth-order valence-corrected chi connectivity index (χ4v) is 4.58. The molecular weight excluding hydrogens is 524 g/mol. The van der Waals surface area contributed by atoms with E-state index in [2.05, 4.69) is 20.4 Å². The van der Waals surface area contributed by atoms with Crippen LogP contribution >= 0.6 is 11.6 Å². The number of halogens is 1. The van der Waals surface area contributed by atoms with Gasteiger partial charge in [-0.05, 0) is 57.9 Å². The monoisotopic (exact) mass is 552 g/mol. The Hall–Kier alpha value is -4.32. The molecule has 4 heterocycles. The third kappa shape index (κ3) is 6.06. The minimum atomic E-state index is -0.584. The average molecular weight is 553 g/mol. The molecular formula is C26H29ClN8O4. The van der Waals surface area contributed by atoms with Gasteiger partial charge in [-0.15, -0.1) is 0 Å². The van der Waals surface area contributed by atoms with E-state index in [-0.39, 0.29) is 23.7 Å². The van der Waals surface area contributed by atoms with Gasteiger partial charge in [-0.2, -0.15) is 9.61 Å². The SMILES string of the molecule is CC(C)(C)OC(=O)N1CCCC1CN=c1cc(Nc2cccc(Cl)c2)nc2/c(=C/c3[nH]c(=O)[nH]c3O)cnn12. The molecule has 1 aliphatic rings. The quantitative estimate of drug-likeness (QED) is 0.297. The summed E-state index contributed by atoms with van der Waals surface area (Å²) in [5.74, 6) is 0.196. The van der Waals surface area contributed by atoms with Crippen LogP contribution in [0.3, 0.4) is 0 Å². The van der Waals surface area contributed by atoms with E-state index >= 15 is 0 Å². The highest BCUT2D eigenvalue weighted by Gasteiger charge is 2.31. The molecule has 4 N–H and O–H groups in total. The van der Waals surface area contributed by atoms with Crippen LogP contribution in [0.5, 0.6) is 5.88 Å². The number of aromatic hydroxyl groups is 1. The maximum absolute atomic E-state index is 12.7. The Balaban J connectivity index is 1.55. The number of imidazole rings is 1. The second-order valence-electron chi connectivity index (χ2n) is 10.3. The van der Waals surface area contributed by atoms with Crippen LogP contribution in [-0.4, -0.2) is 65.4 Å². The lowest BCUT2D eigenvalue weighted by Gasteiger charge is -2.27. The number of benzene rings is 1. The smallest absolute Gasteiger partial charge is 0.410 e. The van der Waals surface area contributed by atoms with Crippen LogP contribution in [0.2, 0.25) is 5.02 Å². The number of fused-ring (bicyclic) bond motifs is 1. The van der Waals surface area contributed by atoms with Crippen LogP contribution in [0.25, 0.3) is 11.7 Å². The lowest BCUT2D eigenvalue weighted by molar-refractivity contribution is 0.0232. The fraction of sp³-hybridized carbons (Fsp3) is 0.346. The van der Waals surface area contributed by atoms with Crippen LogP contribution < -0.4 is 21.7 Å². The van der Waals surface area contributed by atoms with Crippen molar-refractivity contribution in [2.45, 2.75) is 45.3 Å². The molecule has 39 heavy (non-hydrogen) atoms. The molecule has 12 nitrogen and oxygen atoms in total. The van der Waals surface area contributed by atoms with Gasteiger partial charge in [-0.1, -0.05) is 17.7 Å². The summed E-state index contributed by atoms with van der Waals surface area (Å²) in [6, 6.07) is 8.87. The number of H-pyrrole nitrogens is 2. The van der Waals surface area contributed by atoms with Crippen molar-refractivity contribution in [3.05, 3.63) is 68.4 Å². The number of aromatic amines is 2. The first-order chi connectivity index (χ1) is 18.6. The summed E-state index contributed by atoms with van der Waals surface area (Å²) in [6.07, 6.45) is 4.46.